The quantitative estimate of drug-likeness (QED) is 0.703. The van der Waals surface area contributed by atoms with E-state index in [0.29, 0.717) is 16.6 Å². The van der Waals surface area contributed by atoms with Crippen molar-refractivity contribution < 1.29 is 14.0 Å². The highest BCUT2D eigenvalue weighted by molar-refractivity contribution is 6.33. The van der Waals surface area contributed by atoms with E-state index in [1.54, 1.807) is 24.3 Å². The number of benzene rings is 2. The number of fused-ring (bicyclic) bond motifs is 1. The average molecular weight is 358 g/mol. The molecule has 126 valence electrons. The van der Waals surface area contributed by atoms with Crippen molar-refractivity contribution in [1.82, 2.24) is 10.3 Å². The molecule has 0 atom stereocenters. The lowest BCUT2D eigenvalue weighted by molar-refractivity contribution is -0.115. The van der Waals surface area contributed by atoms with Gasteiger partial charge >= 0.3 is 0 Å². The van der Waals surface area contributed by atoms with E-state index in [2.05, 4.69) is 15.6 Å². The SMILES string of the molecule is O=C(CNC(=O)c1cc2ccc(F)cc2nc1Cl)Nc1ccccc1. The molecular formula is C18H13ClFN3O2. The minimum Gasteiger partial charge on any atom is -0.343 e. The van der Waals surface area contributed by atoms with Crippen LogP contribution in [0.5, 0.6) is 0 Å². The first kappa shape index (κ1) is 16.9. The Kier molecular flexibility index (Phi) is 4.90. The van der Waals surface area contributed by atoms with E-state index in [4.69, 9.17) is 11.6 Å². The number of rotatable bonds is 4. The Hall–Kier alpha value is -2.99. The largest absolute Gasteiger partial charge is 0.343 e. The number of hydrogen-bond acceptors (Lipinski definition) is 3. The van der Waals surface area contributed by atoms with Gasteiger partial charge < -0.3 is 10.6 Å². The Morgan fingerprint density at radius 1 is 1.08 bits per heavy atom. The third-order valence-electron chi connectivity index (χ3n) is 3.44. The lowest BCUT2D eigenvalue weighted by Gasteiger charge is -2.08. The molecule has 3 aromatic rings. The molecule has 7 heteroatoms. The Balaban J connectivity index is 1.68. The highest BCUT2D eigenvalue weighted by Gasteiger charge is 2.14. The number of carbonyl (C=O) groups is 2. The molecule has 0 aliphatic heterocycles. The number of pyridine rings is 1. The van der Waals surface area contributed by atoms with Crippen LogP contribution in [0, 0.1) is 5.82 Å². The molecule has 0 radical (unpaired) electrons. The maximum absolute atomic E-state index is 13.2. The van der Waals surface area contributed by atoms with Crippen LogP contribution in [-0.4, -0.2) is 23.3 Å². The van der Waals surface area contributed by atoms with Crippen LogP contribution < -0.4 is 10.6 Å². The summed E-state index contributed by atoms with van der Waals surface area (Å²) in [7, 11) is 0. The molecular weight excluding hydrogens is 345 g/mol. The number of hydrogen-bond donors (Lipinski definition) is 2. The minimum absolute atomic E-state index is 0.0564. The summed E-state index contributed by atoms with van der Waals surface area (Å²) >= 11 is 6.00. The zero-order valence-corrected chi connectivity index (χ0v) is 13.7. The van der Waals surface area contributed by atoms with Gasteiger partial charge in [0.05, 0.1) is 17.6 Å². The van der Waals surface area contributed by atoms with Crippen molar-refractivity contribution in [2.45, 2.75) is 0 Å². The van der Waals surface area contributed by atoms with E-state index in [-0.39, 0.29) is 23.2 Å². The predicted molar refractivity (Wildman–Crippen MR) is 94.1 cm³/mol. The van der Waals surface area contributed by atoms with Gasteiger partial charge in [-0.15, -0.1) is 0 Å². The van der Waals surface area contributed by atoms with Gasteiger partial charge in [-0.3, -0.25) is 9.59 Å². The number of carbonyl (C=O) groups excluding carboxylic acids is 2. The molecule has 0 aliphatic rings. The van der Waals surface area contributed by atoms with Crippen molar-refractivity contribution >= 4 is 40.0 Å². The van der Waals surface area contributed by atoms with Gasteiger partial charge in [0, 0.05) is 17.1 Å². The fourth-order valence-electron chi connectivity index (χ4n) is 2.26. The van der Waals surface area contributed by atoms with E-state index in [0.717, 1.165) is 0 Å². The van der Waals surface area contributed by atoms with E-state index in [1.165, 1.54) is 24.3 Å². The summed E-state index contributed by atoms with van der Waals surface area (Å²) in [5, 5.41) is 5.66. The number of anilines is 1. The summed E-state index contributed by atoms with van der Waals surface area (Å²) in [4.78, 5) is 28.1. The fourth-order valence-corrected chi connectivity index (χ4v) is 2.49. The van der Waals surface area contributed by atoms with Crippen LogP contribution in [-0.2, 0) is 4.79 Å². The molecule has 0 fully saturated rings. The number of aromatic nitrogens is 1. The molecule has 25 heavy (non-hydrogen) atoms. The van der Waals surface area contributed by atoms with Crippen molar-refractivity contribution in [2.75, 3.05) is 11.9 Å². The summed E-state index contributed by atoms with van der Waals surface area (Å²) in [6.07, 6.45) is 0. The van der Waals surface area contributed by atoms with Crippen LogP contribution in [0.2, 0.25) is 5.15 Å². The lowest BCUT2D eigenvalue weighted by Crippen LogP contribution is -2.33. The van der Waals surface area contributed by atoms with Crippen LogP contribution in [0.15, 0.2) is 54.6 Å². The molecule has 0 aliphatic carbocycles. The summed E-state index contributed by atoms with van der Waals surface area (Å²) < 4.78 is 13.2. The summed E-state index contributed by atoms with van der Waals surface area (Å²) in [6, 6.07) is 14.4. The van der Waals surface area contributed by atoms with Gasteiger partial charge in [0.1, 0.15) is 11.0 Å². The second-order valence-corrected chi connectivity index (χ2v) is 5.62. The predicted octanol–water partition coefficient (Wildman–Crippen LogP) is 3.40. The monoisotopic (exact) mass is 357 g/mol. The first-order valence-electron chi connectivity index (χ1n) is 7.42. The molecule has 2 amide bonds. The lowest BCUT2D eigenvalue weighted by atomic mass is 10.1. The zero-order chi connectivity index (χ0) is 17.8. The van der Waals surface area contributed by atoms with Gasteiger partial charge in [-0.1, -0.05) is 29.8 Å². The van der Waals surface area contributed by atoms with Crippen molar-refractivity contribution in [1.29, 1.82) is 0 Å². The standard InChI is InChI=1S/C18H13ClFN3O2/c19-17-14(8-11-6-7-12(20)9-15(11)23-17)18(25)21-10-16(24)22-13-4-2-1-3-5-13/h1-9H,10H2,(H,21,25)(H,22,24). The van der Waals surface area contributed by atoms with Crippen LogP contribution in [0.25, 0.3) is 10.9 Å². The molecule has 0 saturated heterocycles. The van der Waals surface area contributed by atoms with Gasteiger partial charge in [-0.05, 0) is 30.3 Å². The maximum atomic E-state index is 13.2. The molecule has 3 rings (SSSR count). The van der Waals surface area contributed by atoms with Crippen LogP contribution >= 0.6 is 11.6 Å². The molecule has 0 bridgehead atoms. The molecule has 2 N–H and O–H groups in total. The van der Waals surface area contributed by atoms with Gasteiger partial charge in [0.2, 0.25) is 5.91 Å². The first-order chi connectivity index (χ1) is 12.0. The number of nitrogens with one attached hydrogen (secondary N) is 2. The smallest absolute Gasteiger partial charge is 0.254 e. The molecule has 5 nitrogen and oxygen atoms in total. The van der Waals surface area contributed by atoms with Crippen LogP contribution in [0.4, 0.5) is 10.1 Å². The molecule has 0 unspecified atom stereocenters. The normalized spacial score (nSPS) is 10.5. The van der Waals surface area contributed by atoms with Gasteiger partial charge in [-0.25, -0.2) is 9.37 Å². The zero-order valence-electron chi connectivity index (χ0n) is 12.9. The highest BCUT2D eigenvalue weighted by atomic mass is 35.5. The van der Waals surface area contributed by atoms with Crippen LogP contribution in [0.3, 0.4) is 0 Å². The molecule has 1 heterocycles. The molecule has 0 spiro atoms. The van der Waals surface area contributed by atoms with Gasteiger partial charge in [0.25, 0.3) is 5.91 Å². The summed E-state index contributed by atoms with van der Waals surface area (Å²) in [5.41, 5.74) is 1.10. The average Bonchev–Trinajstić information content (AvgIpc) is 2.60. The fraction of sp³-hybridized carbons (Fsp3) is 0.0556. The van der Waals surface area contributed by atoms with Gasteiger partial charge in [0.15, 0.2) is 0 Å². The number of para-hydroxylation sites is 1. The van der Waals surface area contributed by atoms with Crippen molar-refractivity contribution in [3.8, 4) is 0 Å². The Bertz CT molecular complexity index is 948. The topological polar surface area (TPSA) is 71.1 Å². The summed E-state index contributed by atoms with van der Waals surface area (Å²) in [5.74, 6) is -1.34. The first-order valence-corrected chi connectivity index (χ1v) is 7.79. The van der Waals surface area contributed by atoms with Crippen molar-refractivity contribution in [3.05, 3.63) is 71.1 Å². The van der Waals surface area contributed by atoms with Crippen molar-refractivity contribution in [2.24, 2.45) is 0 Å². The molecule has 2 aromatic carbocycles. The highest BCUT2D eigenvalue weighted by Crippen LogP contribution is 2.21. The van der Waals surface area contributed by atoms with Crippen molar-refractivity contribution in [3.63, 3.8) is 0 Å². The second-order valence-electron chi connectivity index (χ2n) is 5.26. The molecule has 1 aromatic heterocycles. The van der Waals surface area contributed by atoms with Crippen LogP contribution in [0.1, 0.15) is 10.4 Å². The maximum Gasteiger partial charge on any atom is 0.254 e. The summed E-state index contributed by atoms with van der Waals surface area (Å²) in [6.45, 7) is -0.217. The number of nitrogens with zero attached hydrogens (tertiary/aromatic N) is 1. The Morgan fingerprint density at radius 2 is 1.84 bits per heavy atom. The third kappa shape index (κ3) is 4.10. The molecule has 0 saturated carbocycles. The van der Waals surface area contributed by atoms with E-state index >= 15 is 0 Å². The van der Waals surface area contributed by atoms with E-state index < -0.39 is 11.7 Å². The van der Waals surface area contributed by atoms with E-state index in [1.807, 2.05) is 6.07 Å². The van der Waals surface area contributed by atoms with E-state index in [9.17, 15) is 14.0 Å². The third-order valence-corrected chi connectivity index (χ3v) is 3.73. The number of amides is 2. The second kappa shape index (κ2) is 7.27. The van der Waals surface area contributed by atoms with Gasteiger partial charge in [-0.2, -0.15) is 0 Å². The Morgan fingerprint density at radius 3 is 2.60 bits per heavy atom. The minimum atomic E-state index is -0.535. The Labute approximate surface area is 147 Å². The number of halogens is 2.